The summed E-state index contributed by atoms with van der Waals surface area (Å²) in [5.41, 5.74) is 7.50. The third kappa shape index (κ3) is 3.46. The van der Waals surface area contributed by atoms with Crippen LogP contribution in [0.25, 0.3) is 16.9 Å². The van der Waals surface area contributed by atoms with E-state index in [1.165, 1.54) is 6.20 Å². The van der Waals surface area contributed by atoms with Gasteiger partial charge in [0.2, 0.25) is 5.91 Å². The third-order valence-electron chi connectivity index (χ3n) is 7.17. The molecule has 11 nitrogen and oxygen atoms in total. The van der Waals surface area contributed by atoms with Gasteiger partial charge in [0.1, 0.15) is 5.41 Å². The smallest absolute Gasteiger partial charge is 0.252 e. The van der Waals surface area contributed by atoms with E-state index in [0.717, 1.165) is 18.4 Å². The molecule has 5 rings (SSSR count). The number of aryl methyl sites for hydroxylation is 1. The molecule has 0 bridgehead atoms. The second kappa shape index (κ2) is 8.13. The van der Waals surface area contributed by atoms with Crippen molar-refractivity contribution in [3.63, 3.8) is 0 Å². The number of primary amides is 1. The van der Waals surface area contributed by atoms with Gasteiger partial charge in [-0.15, -0.1) is 0 Å². The molecule has 0 spiro atoms. The number of nitrogens with zero attached hydrogens (tertiary/aromatic N) is 7. The SMILES string of the molecule is CC[C@@H]1CN(C(=O)C2(C#N)CCC2)C[C@H]1Nc1c(C(N)=O)cnn2cc(-c3cnn(C)c3)nc12. The fourth-order valence-electron chi connectivity index (χ4n) is 4.96. The van der Waals surface area contributed by atoms with Crippen LogP contribution in [0.4, 0.5) is 5.69 Å². The molecule has 0 unspecified atom stereocenters. The van der Waals surface area contributed by atoms with Gasteiger partial charge in [-0.25, -0.2) is 9.50 Å². The summed E-state index contributed by atoms with van der Waals surface area (Å²) in [5, 5.41) is 21.6. The molecule has 4 heterocycles. The van der Waals surface area contributed by atoms with E-state index < -0.39 is 11.3 Å². The van der Waals surface area contributed by atoms with E-state index in [1.54, 1.807) is 26.5 Å². The normalized spacial score (nSPS) is 21.3. The highest BCUT2D eigenvalue weighted by Crippen LogP contribution is 2.43. The minimum atomic E-state index is -0.878. The Morgan fingerprint density at radius 1 is 1.26 bits per heavy atom. The molecule has 1 saturated heterocycles. The maximum absolute atomic E-state index is 13.2. The summed E-state index contributed by atoms with van der Waals surface area (Å²) < 4.78 is 3.29. The van der Waals surface area contributed by atoms with Crippen LogP contribution in [0, 0.1) is 22.7 Å². The van der Waals surface area contributed by atoms with Crippen LogP contribution in [-0.4, -0.2) is 60.2 Å². The Morgan fingerprint density at radius 2 is 2.06 bits per heavy atom. The predicted octanol–water partition coefficient (Wildman–Crippen LogP) is 1.57. The molecule has 3 N–H and O–H groups in total. The van der Waals surface area contributed by atoms with Crippen LogP contribution < -0.4 is 11.1 Å². The largest absolute Gasteiger partial charge is 0.376 e. The highest BCUT2D eigenvalue weighted by molar-refractivity contribution is 6.01. The number of amides is 2. The number of nitrogens with one attached hydrogen (secondary N) is 1. The lowest BCUT2D eigenvalue weighted by molar-refractivity contribution is -0.142. The van der Waals surface area contributed by atoms with Crippen molar-refractivity contribution in [3.8, 4) is 17.3 Å². The molecule has 1 aliphatic heterocycles. The molecule has 1 saturated carbocycles. The standard InChI is InChI=1S/C23H27N9O2/c1-3-14-10-31(22(34)23(13-24)5-4-6-23)11-17(14)28-19-16(20(25)33)8-27-32-12-18(29-21(19)32)15-7-26-30(2)9-15/h7-9,12,14,17,28H,3-6,10-11H2,1-2H3,(H2,25,33)/t14-,17-/m1/s1. The van der Waals surface area contributed by atoms with E-state index in [9.17, 15) is 14.9 Å². The fourth-order valence-corrected chi connectivity index (χ4v) is 4.96. The van der Waals surface area contributed by atoms with Gasteiger partial charge < -0.3 is 16.0 Å². The molecule has 3 aromatic heterocycles. The van der Waals surface area contributed by atoms with Gasteiger partial charge in [-0.05, 0) is 31.6 Å². The zero-order valence-electron chi connectivity index (χ0n) is 19.2. The molecule has 2 fully saturated rings. The molecule has 0 aromatic carbocycles. The number of aromatic nitrogens is 5. The summed E-state index contributed by atoms with van der Waals surface area (Å²) in [6, 6.07) is 2.14. The molecule has 0 radical (unpaired) electrons. The highest BCUT2D eigenvalue weighted by Gasteiger charge is 2.49. The van der Waals surface area contributed by atoms with E-state index in [1.807, 2.05) is 13.2 Å². The van der Waals surface area contributed by atoms with Crippen molar-refractivity contribution in [2.45, 2.75) is 38.6 Å². The number of imidazole rings is 1. The Kier molecular flexibility index (Phi) is 5.23. The van der Waals surface area contributed by atoms with Crippen molar-refractivity contribution in [2.24, 2.45) is 24.1 Å². The van der Waals surface area contributed by atoms with E-state index in [0.29, 0.717) is 43.0 Å². The Hall–Kier alpha value is -3.94. The summed E-state index contributed by atoms with van der Waals surface area (Å²) >= 11 is 0. The lowest BCUT2D eigenvalue weighted by Gasteiger charge is -2.36. The highest BCUT2D eigenvalue weighted by atomic mass is 16.2. The third-order valence-corrected chi connectivity index (χ3v) is 7.17. The first-order valence-electron chi connectivity index (χ1n) is 11.5. The van der Waals surface area contributed by atoms with Gasteiger partial charge in [0.25, 0.3) is 5.91 Å². The van der Waals surface area contributed by atoms with Crippen molar-refractivity contribution in [3.05, 3.63) is 30.4 Å². The summed E-state index contributed by atoms with van der Waals surface area (Å²) in [6.45, 7) is 3.09. The Morgan fingerprint density at radius 3 is 2.65 bits per heavy atom. The fraction of sp³-hybridized carbons (Fsp3) is 0.478. The lowest BCUT2D eigenvalue weighted by Crippen LogP contribution is -2.46. The average molecular weight is 462 g/mol. The van der Waals surface area contributed by atoms with Gasteiger partial charge >= 0.3 is 0 Å². The van der Waals surface area contributed by atoms with Crippen molar-refractivity contribution >= 4 is 23.1 Å². The molecular formula is C23H27N9O2. The molecule has 2 aliphatic rings. The van der Waals surface area contributed by atoms with E-state index in [2.05, 4.69) is 28.5 Å². The Balaban J connectivity index is 1.48. The number of carbonyl (C=O) groups is 2. The maximum Gasteiger partial charge on any atom is 0.252 e. The monoisotopic (exact) mass is 461 g/mol. The lowest BCUT2D eigenvalue weighted by atomic mass is 9.69. The number of fused-ring (bicyclic) bond motifs is 1. The number of carbonyl (C=O) groups excluding carboxylic acids is 2. The van der Waals surface area contributed by atoms with Gasteiger partial charge in [0.15, 0.2) is 5.65 Å². The topological polar surface area (TPSA) is 147 Å². The summed E-state index contributed by atoms with van der Waals surface area (Å²) in [7, 11) is 1.83. The maximum atomic E-state index is 13.2. The Bertz CT molecular complexity index is 1310. The van der Waals surface area contributed by atoms with Gasteiger partial charge in [0.05, 0.1) is 41.6 Å². The van der Waals surface area contributed by atoms with E-state index >= 15 is 0 Å². The number of rotatable bonds is 6. The minimum Gasteiger partial charge on any atom is -0.376 e. The second-order valence-electron chi connectivity index (χ2n) is 9.27. The van der Waals surface area contributed by atoms with Crippen LogP contribution in [0.5, 0.6) is 0 Å². The molecule has 11 heteroatoms. The zero-order valence-corrected chi connectivity index (χ0v) is 19.2. The van der Waals surface area contributed by atoms with Crippen LogP contribution in [-0.2, 0) is 11.8 Å². The van der Waals surface area contributed by atoms with Crippen LogP contribution in [0.15, 0.2) is 24.8 Å². The molecule has 2 amide bonds. The van der Waals surface area contributed by atoms with E-state index in [4.69, 9.17) is 10.7 Å². The molecule has 3 aromatic rings. The average Bonchev–Trinajstić information content (AvgIpc) is 3.51. The summed E-state index contributed by atoms with van der Waals surface area (Å²) in [6.07, 6.45) is 9.75. The number of nitriles is 1. The number of nitrogens with two attached hydrogens (primary N) is 1. The van der Waals surface area contributed by atoms with Crippen molar-refractivity contribution in [2.75, 3.05) is 18.4 Å². The molecular weight excluding hydrogens is 434 g/mol. The second-order valence-corrected chi connectivity index (χ2v) is 9.27. The summed E-state index contributed by atoms with van der Waals surface area (Å²) in [4.78, 5) is 31.9. The van der Waals surface area contributed by atoms with Crippen molar-refractivity contribution < 1.29 is 9.59 Å². The first-order valence-corrected chi connectivity index (χ1v) is 11.5. The molecule has 34 heavy (non-hydrogen) atoms. The van der Waals surface area contributed by atoms with Crippen LogP contribution in [0.1, 0.15) is 43.0 Å². The van der Waals surface area contributed by atoms with Crippen LogP contribution in [0.2, 0.25) is 0 Å². The quantitative estimate of drug-likeness (QED) is 0.566. The van der Waals surface area contributed by atoms with Gasteiger partial charge in [-0.3, -0.25) is 14.3 Å². The van der Waals surface area contributed by atoms with Crippen LogP contribution in [0.3, 0.4) is 0 Å². The first kappa shape index (κ1) is 21.9. The zero-order chi connectivity index (χ0) is 24.0. The number of hydrogen-bond donors (Lipinski definition) is 2. The molecule has 176 valence electrons. The first-order chi connectivity index (χ1) is 16.3. The van der Waals surface area contributed by atoms with Gasteiger partial charge in [-0.2, -0.15) is 15.5 Å². The van der Waals surface area contributed by atoms with Gasteiger partial charge in [0, 0.05) is 37.9 Å². The number of anilines is 1. The van der Waals surface area contributed by atoms with Gasteiger partial charge in [-0.1, -0.05) is 6.92 Å². The number of hydrogen-bond acceptors (Lipinski definition) is 7. The molecule has 2 atom stereocenters. The predicted molar refractivity (Wildman–Crippen MR) is 123 cm³/mol. The van der Waals surface area contributed by atoms with Crippen LogP contribution >= 0.6 is 0 Å². The van der Waals surface area contributed by atoms with Crippen molar-refractivity contribution in [1.29, 1.82) is 5.26 Å². The van der Waals surface area contributed by atoms with E-state index in [-0.39, 0.29) is 23.4 Å². The Labute approximate surface area is 196 Å². The minimum absolute atomic E-state index is 0.0846. The number of likely N-dealkylation sites (tertiary alicyclic amines) is 1. The summed E-state index contributed by atoms with van der Waals surface area (Å²) in [5.74, 6) is -0.541. The molecule has 1 aliphatic carbocycles. The van der Waals surface area contributed by atoms with Crippen molar-refractivity contribution in [1.82, 2.24) is 29.3 Å².